The minimum absolute atomic E-state index is 0.0203. The van der Waals surface area contributed by atoms with Gasteiger partial charge in [0.1, 0.15) is 19.8 Å². The molecule has 0 saturated carbocycles. The van der Waals surface area contributed by atoms with Gasteiger partial charge in [-0.2, -0.15) is 0 Å². The summed E-state index contributed by atoms with van der Waals surface area (Å²) in [6.45, 7) is 4.77. The summed E-state index contributed by atoms with van der Waals surface area (Å²) in [5.41, 5.74) is 0. The summed E-state index contributed by atoms with van der Waals surface area (Å²) in [5, 5.41) is 0. The smallest absolute Gasteiger partial charge is 0.306 e. The summed E-state index contributed by atoms with van der Waals surface area (Å²) in [6, 6.07) is 0. The summed E-state index contributed by atoms with van der Waals surface area (Å²) in [6.07, 6.45) is 43.1. The first-order valence-electron chi connectivity index (χ1n) is 23.0. The van der Waals surface area contributed by atoms with E-state index in [4.69, 9.17) is 18.5 Å². The Bertz CT molecular complexity index is 879. The molecule has 0 aromatic heterocycles. The van der Waals surface area contributed by atoms with Crippen molar-refractivity contribution in [2.24, 2.45) is 0 Å². The third-order valence-corrected chi connectivity index (χ3v) is 11.1. The molecule has 0 aromatic carbocycles. The van der Waals surface area contributed by atoms with Gasteiger partial charge in [0.15, 0.2) is 6.10 Å². The summed E-state index contributed by atoms with van der Waals surface area (Å²) in [7, 11) is 1.34. The summed E-state index contributed by atoms with van der Waals surface area (Å²) in [5.74, 6) is -0.351. The number of likely N-dealkylation sites (N-methyl/N-ethyl adjacent to an activating group) is 1. The molecule has 0 fully saturated rings. The number of allylic oxidation sites excluding steroid dienone is 1. The Morgan fingerprint density at radius 1 is 0.574 bits per heavy atom. The number of esters is 1. The maximum atomic E-state index is 12.7. The summed E-state index contributed by atoms with van der Waals surface area (Å²) in [4.78, 5) is 25.0. The van der Waals surface area contributed by atoms with Crippen molar-refractivity contribution < 1.29 is 37.3 Å². The van der Waals surface area contributed by atoms with Gasteiger partial charge in [-0.1, -0.05) is 194 Å². The molecular weight excluding hydrogens is 697 g/mol. The van der Waals surface area contributed by atoms with Gasteiger partial charge in [-0.3, -0.25) is 9.36 Å². The SMILES string of the molecule is CCCCCCCCCCCCCC/C=C/OC[C@H](COP(=O)([O-])OCC[N+](C)(C)C)OC(=O)CCCCCCCCCCCCCCCCCCCC. The van der Waals surface area contributed by atoms with Crippen molar-refractivity contribution in [3.8, 4) is 0 Å². The third kappa shape index (κ3) is 42.2. The first-order valence-corrected chi connectivity index (χ1v) is 24.4. The molecule has 322 valence electrons. The van der Waals surface area contributed by atoms with E-state index in [9.17, 15) is 14.3 Å². The lowest BCUT2D eigenvalue weighted by Gasteiger charge is -2.28. The third-order valence-electron chi connectivity index (χ3n) is 10.2. The van der Waals surface area contributed by atoms with Gasteiger partial charge in [-0.05, 0) is 25.3 Å². The fourth-order valence-electron chi connectivity index (χ4n) is 6.57. The zero-order valence-corrected chi connectivity index (χ0v) is 37.3. The number of carbonyl (C=O) groups excluding carboxylic acids is 1. The number of quaternary nitrogens is 1. The highest BCUT2D eigenvalue weighted by molar-refractivity contribution is 7.45. The average Bonchev–Trinajstić information content (AvgIpc) is 3.12. The van der Waals surface area contributed by atoms with Crippen molar-refractivity contribution in [3.63, 3.8) is 0 Å². The van der Waals surface area contributed by atoms with E-state index in [2.05, 4.69) is 13.8 Å². The second-order valence-corrected chi connectivity index (χ2v) is 18.3. The van der Waals surface area contributed by atoms with Gasteiger partial charge >= 0.3 is 5.97 Å². The van der Waals surface area contributed by atoms with Gasteiger partial charge in [0.2, 0.25) is 0 Å². The van der Waals surface area contributed by atoms with Crippen LogP contribution >= 0.6 is 7.82 Å². The molecule has 2 atom stereocenters. The molecule has 0 aliphatic carbocycles. The van der Waals surface area contributed by atoms with Crippen molar-refractivity contribution in [1.29, 1.82) is 0 Å². The zero-order chi connectivity index (χ0) is 39.9. The van der Waals surface area contributed by atoms with E-state index in [-0.39, 0.29) is 25.8 Å². The van der Waals surface area contributed by atoms with Crippen LogP contribution in [0, 0.1) is 0 Å². The Labute approximate surface area is 335 Å². The standard InChI is InChI=1S/C45H90NO7P/c1-6-8-10-12-14-16-18-20-22-23-24-25-26-28-30-32-34-36-38-45(47)53-44(43-52-54(48,49)51-41-39-46(3,4)5)42-50-40-37-35-33-31-29-27-21-19-17-15-13-11-9-7-2/h37,40,44H,6-36,38-39,41-43H2,1-5H3/b40-37+/t44-/m1/s1. The monoisotopic (exact) mass is 788 g/mol. The predicted molar refractivity (Wildman–Crippen MR) is 226 cm³/mol. The fraction of sp³-hybridized carbons (Fsp3) is 0.933. The van der Waals surface area contributed by atoms with Crippen LogP contribution in [0.3, 0.4) is 0 Å². The van der Waals surface area contributed by atoms with E-state index in [0.29, 0.717) is 17.4 Å². The number of ether oxygens (including phenoxy) is 2. The fourth-order valence-corrected chi connectivity index (χ4v) is 7.30. The van der Waals surface area contributed by atoms with Crippen molar-refractivity contribution in [2.75, 3.05) is 47.5 Å². The topological polar surface area (TPSA) is 94.1 Å². The Balaban J connectivity index is 4.21. The minimum Gasteiger partial charge on any atom is -0.756 e. The maximum absolute atomic E-state index is 12.7. The molecule has 0 aliphatic heterocycles. The van der Waals surface area contributed by atoms with E-state index in [1.54, 1.807) is 6.26 Å². The molecule has 0 amide bonds. The molecule has 0 spiro atoms. The van der Waals surface area contributed by atoms with E-state index < -0.39 is 13.9 Å². The van der Waals surface area contributed by atoms with Gasteiger partial charge in [0, 0.05) is 6.42 Å². The Kier molecular flexibility index (Phi) is 38.3. The largest absolute Gasteiger partial charge is 0.756 e. The van der Waals surface area contributed by atoms with Gasteiger partial charge in [-0.15, -0.1) is 0 Å². The van der Waals surface area contributed by atoms with E-state index >= 15 is 0 Å². The Morgan fingerprint density at radius 2 is 0.963 bits per heavy atom. The molecular formula is C45H90NO7P. The van der Waals surface area contributed by atoms with E-state index in [1.807, 2.05) is 27.2 Å². The number of unbranched alkanes of at least 4 members (excludes halogenated alkanes) is 29. The number of nitrogens with zero attached hydrogens (tertiary/aromatic N) is 1. The quantitative estimate of drug-likeness (QED) is 0.0200. The van der Waals surface area contributed by atoms with Crippen molar-refractivity contribution in [2.45, 2.75) is 225 Å². The highest BCUT2D eigenvalue weighted by atomic mass is 31.2. The van der Waals surface area contributed by atoms with Gasteiger partial charge in [0.25, 0.3) is 7.82 Å². The van der Waals surface area contributed by atoms with Crippen LogP contribution in [0.1, 0.15) is 219 Å². The second-order valence-electron chi connectivity index (χ2n) is 16.8. The lowest BCUT2D eigenvalue weighted by atomic mass is 10.0. The number of hydrogen-bond acceptors (Lipinski definition) is 7. The van der Waals surface area contributed by atoms with Crippen LogP contribution in [-0.2, 0) is 27.9 Å². The molecule has 0 rings (SSSR count). The maximum Gasteiger partial charge on any atom is 0.306 e. The molecule has 0 radical (unpaired) electrons. The van der Waals surface area contributed by atoms with Gasteiger partial charge in [0.05, 0.1) is 34.0 Å². The molecule has 0 bridgehead atoms. The molecule has 54 heavy (non-hydrogen) atoms. The number of carbonyl (C=O) groups is 1. The molecule has 0 heterocycles. The number of phosphoric acid groups is 1. The number of rotatable bonds is 43. The highest BCUT2D eigenvalue weighted by Crippen LogP contribution is 2.38. The summed E-state index contributed by atoms with van der Waals surface area (Å²) < 4.78 is 34.4. The normalized spacial score (nSPS) is 13.7. The molecule has 0 N–H and O–H groups in total. The minimum atomic E-state index is -4.53. The van der Waals surface area contributed by atoms with Crippen LogP contribution < -0.4 is 4.89 Å². The van der Waals surface area contributed by atoms with Crippen LogP contribution in [-0.4, -0.2) is 64.1 Å². The van der Waals surface area contributed by atoms with Crippen LogP contribution in [0.25, 0.3) is 0 Å². The highest BCUT2D eigenvalue weighted by Gasteiger charge is 2.20. The molecule has 0 aromatic rings. The van der Waals surface area contributed by atoms with Crippen LogP contribution in [0.4, 0.5) is 0 Å². The first kappa shape index (κ1) is 53.1. The average molecular weight is 788 g/mol. The number of phosphoric ester groups is 1. The lowest BCUT2D eigenvalue weighted by Crippen LogP contribution is -2.37. The molecule has 8 nitrogen and oxygen atoms in total. The molecule has 0 saturated heterocycles. The van der Waals surface area contributed by atoms with E-state index in [0.717, 1.165) is 32.1 Å². The molecule has 9 heteroatoms. The van der Waals surface area contributed by atoms with Crippen molar-refractivity contribution >= 4 is 13.8 Å². The van der Waals surface area contributed by atoms with Gasteiger partial charge < -0.3 is 27.9 Å². The van der Waals surface area contributed by atoms with Gasteiger partial charge in [-0.25, -0.2) is 0 Å². The zero-order valence-electron chi connectivity index (χ0n) is 36.4. The Morgan fingerprint density at radius 3 is 1.37 bits per heavy atom. The first-order chi connectivity index (χ1) is 26.1. The van der Waals surface area contributed by atoms with Crippen LogP contribution in [0.15, 0.2) is 12.3 Å². The summed E-state index contributed by atoms with van der Waals surface area (Å²) >= 11 is 0. The predicted octanol–water partition coefficient (Wildman–Crippen LogP) is 13.2. The molecule has 1 unspecified atom stereocenters. The van der Waals surface area contributed by atoms with Crippen molar-refractivity contribution in [1.82, 2.24) is 0 Å². The second kappa shape index (κ2) is 38.9. The van der Waals surface area contributed by atoms with Crippen LogP contribution in [0.5, 0.6) is 0 Å². The number of hydrogen-bond donors (Lipinski definition) is 0. The van der Waals surface area contributed by atoms with Crippen molar-refractivity contribution in [3.05, 3.63) is 12.3 Å². The Hall–Kier alpha value is -0.920. The molecule has 0 aliphatic rings. The van der Waals surface area contributed by atoms with Crippen LogP contribution in [0.2, 0.25) is 0 Å². The van der Waals surface area contributed by atoms with E-state index in [1.165, 1.54) is 167 Å². The lowest BCUT2D eigenvalue weighted by molar-refractivity contribution is -0.870.